The zero-order valence-electron chi connectivity index (χ0n) is 14.5. The number of nitrogens with one attached hydrogen (secondary N) is 2. The van der Waals surface area contributed by atoms with Crippen LogP contribution in [0.3, 0.4) is 0 Å². The van der Waals surface area contributed by atoms with E-state index in [1.54, 1.807) is 13.8 Å². The first-order valence-electron chi connectivity index (χ1n) is 7.87. The number of carbonyl (C=O) groups excluding carboxylic acids is 1. The molecular formula is C16H24N2O6S. The van der Waals surface area contributed by atoms with E-state index in [9.17, 15) is 18.0 Å². The van der Waals surface area contributed by atoms with Crippen LogP contribution in [-0.2, 0) is 14.8 Å². The second-order valence-corrected chi connectivity index (χ2v) is 7.43. The van der Waals surface area contributed by atoms with Gasteiger partial charge in [0.2, 0.25) is 10.0 Å². The highest BCUT2D eigenvalue weighted by atomic mass is 32.2. The molecule has 0 unspecified atom stereocenters. The van der Waals surface area contributed by atoms with E-state index in [2.05, 4.69) is 10.0 Å². The monoisotopic (exact) mass is 372 g/mol. The second kappa shape index (κ2) is 9.38. The zero-order chi connectivity index (χ0) is 19.0. The van der Waals surface area contributed by atoms with Gasteiger partial charge in [0.1, 0.15) is 10.6 Å². The van der Waals surface area contributed by atoms with Gasteiger partial charge < -0.3 is 15.2 Å². The summed E-state index contributed by atoms with van der Waals surface area (Å²) in [7, 11) is -2.46. The van der Waals surface area contributed by atoms with Crippen molar-refractivity contribution in [3.05, 3.63) is 23.8 Å². The maximum Gasteiger partial charge on any atom is 0.303 e. The van der Waals surface area contributed by atoms with Gasteiger partial charge in [0.15, 0.2) is 0 Å². The van der Waals surface area contributed by atoms with Crippen LogP contribution in [0.25, 0.3) is 0 Å². The van der Waals surface area contributed by atoms with Crippen LogP contribution >= 0.6 is 0 Å². The number of carboxylic acids is 1. The molecule has 1 rings (SSSR count). The summed E-state index contributed by atoms with van der Waals surface area (Å²) in [5.41, 5.74) is 0.183. The summed E-state index contributed by atoms with van der Waals surface area (Å²) < 4.78 is 32.3. The van der Waals surface area contributed by atoms with E-state index in [1.165, 1.54) is 25.3 Å². The van der Waals surface area contributed by atoms with E-state index >= 15 is 0 Å². The van der Waals surface area contributed by atoms with Crippen LogP contribution in [0.5, 0.6) is 5.75 Å². The first kappa shape index (κ1) is 20.9. The Balaban J connectivity index is 2.86. The molecule has 9 heteroatoms. The number of benzene rings is 1. The molecule has 0 bridgehead atoms. The Labute approximate surface area is 147 Å². The van der Waals surface area contributed by atoms with E-state index in [-0.39, 0.29) is 28.7 Å². The average molecular weight is 372 g/mol. The molecule has 0 spiro atoms. The Hall–Kier alpha value is -2.13. The number of methoxy groups -OCH3 is 1. The van der Waals surface area contributed by atoms with Crippen molar-refractivity contribution in [2.24, 2.45) is 0 Å². The van der Waals surface area contributed by atoms with Gasteiger partial charge in [-0.05, 0) is 44.9 Å². The highest BCUT2D eigenvalue weighted by Gasteiger charge is 2.22. The van der Waals surface area contributed by atoms with Gasteiger partial charge >= 0.3 is 5.97 Å². The van der Waals surface area contributed by atoms with E-state index in [0.29, 0.717) is 19.4 Å². The molecule has 1 aromatic carbocycles. The normalized spacial score (nSPS) is 11.4. The Morgan fingerprint density at radius 3 is 2.48 bits per heavy atom. The molecular weight excluding hydrogens is 348 g/mol. The summed E-state index contributed by atoms with van der Waals surface area (Å²) in [5, 5.41) is 11.2. The molecule has 0 heterocycles. The fourth-order valence-corrected chi connectivity index (χ4v) is 3.55. The van der Waals surface area contributed by atoms with Crippen molar-refractivity contribution in [2.75, 3.05) is 13.7 Å². The minimum absolute atomic E-state index is 0.0433. The summed E-state index contributed by atoms with van der Waals surface area (Å²) in [4.78, 5) is 22.5. The fourth-order valence-electron chi connectivity index (χ4n) is 2.11. The number of carboxylic acid groups (broad SMARTS) is 1. The number of ether oxygens (including phenoxy) is 1. The van der Waals surface area contributed by atoms with Crippen molar-refractivity contribution in [2.45, 2.75) is 44.0 Å². The largest absolute Gasteiger partial charge is 0.495 e. The number of hydrogen-bond acceptors (Lipinski definition) is 5. The first-order chi connectivity index (χ1) is 11.7. The summed E-state index contributed by atoms with van der Waals surface area (Å²) >= 11 is 0. The van der Waals surface area contributed by atoms with Gasteiger partial charge in [0.05, 0.1) is 7.11 Å². The van der Waals surface area contributed by atoms with Crippen molar-refractivity contribution in [3.8, 4) is 5.75 Å². The first-order valence-corrected chi connectivity index (χ1v) is 9.36. The van der Waals surface area contributed by atoms with Crippen molar-refractivity contribution in [1.82, 2.24) is 10.0 Å². The minimum Gasteiger partial charge on any atom is -0.495 e. The predicted molar refractivity (Wildman–Crippen MR) is 92.3 cm³/mol. The van der Waals surface area contributed by atoms with Crippen LogP contribution in [0.4, 0.5) is 0 Å². The topological polar surface area (TPSA) is 122 Å². The molecule has 0 saturated heterocycles. The third-order valence-electron chi connectivity index (χ3n) is 3.21. The summed E-state index contributed by atoms with van der Waals surface area (Å²) in [6.45, 7) is 3.69. The van der Waals surface area contributed by atoms with Crippen LogP contribution < -0.4 is 14.8 Å². The lowest BCUT2D eigenvalue weighted by Gasteiger charge is -2.14. The lowest BCUT2D eigenvalue weighted by Crippen LogP contribution is -2.31. The molecule has 0 aliphatic heterocycles. The summed E-state index contributed by atoms with van der Waals surface area (Å²) in [6, 6.07) is 3.85. The molecule has 0 fully saturated rings. The molecule has 140 valence electrons. The maximum absolute atomic E-state index is 12.4. The highest BCUT2D eigenvalue weighted by Crippen LogP contribution is 2.25. The molecule has 25 heavy (non-hydrogen) atoms. The Morgan fingerprint density at radius 2 is 1.92 bits per heavy atom. The molecule has 0 saturated carbocycles. The lowest BCUT2D eigenvalue weighted by molar-refractivity contribution is -0.137. The van der Waals surface area contributed by atoms with E-state index in [0.717, 1.165) is 0 Å². The molecule has 0 aromatic heterocycles. The van der Waals surface area contributed by atoms with Crippen molar-refractivity contribution in [1.29, 1.82) is 0 Å². The number of amides is 1. The minimum atomic E-state index is -3.82. The van der Waals surface area contributed by atoms with Gasteiger partial charge in [-0.1, -0.05) is 0 Å². The smallest absolute Gasteiger partial charge is 0.303 e. The van der Waals surface area contributed by atoms with Gasteiger partial charge in [-0.2, -0.15) is 0 Å². The second-order valence-electron chi connectivity index (χ2n) is 5.75. The standard InChI is InChI=1S/C16H24N2O6S/c1-11(2)18-25(22,23)14-10-12(7-8-13(14)24-3)16(21)17-9-5-4-6-15(19)20/h7-8,10-11,18H,4-6,9H2,1-3H3,(H,17,21)(H,19,20). The molecule has 0 aliphatic carbocycles. The van der Waals surface area contributed by atoms with Crippen LogP contribution in [-0.4, -0.2) is 45.1 Å². The van der Waals surface area contributed by atoms with E-state index < -0.39 is 21.9 Å². The molecule has 1 aromatic rings. The molecule has 8 nitrogen and oxygen atoms in total. The average Bonchev–Trinajstić information content (AvgIpc) is 2.52. The van der Waals surface area contributed by atoms with Gasteiger partial charge in [-0.3, -0.25) is 9.59 Å². The van der Waals surface area contributed by atoms with E-state index in [1.807, 2.05) is 0 Å². The molecule has 3 N–H and O–H groups in total. The Bertz CT molecular complexity index is 715. The van der Waals surface area contributed by atoms with Crippen LogP contribution in [0, 0.1) is 0 Å². The Morgan fingerprint density at radius 1 is 1.24 bits per heavy atom. The Kier molecular flexibility index (Phi) is 7.85. The fraction of sp³-hybridized carbons (Fsp3) is 0.500. The summed E-state index contributed by atoms with van der Waals surface area (Å²) in [5.74, 6) is -1.17. The third-order valence-corrected chi connectivity index (χ3v) is 4.89. The molecule has 1 amide bonds. The van der Waals surface area contributed by atoms with Gasteiger partial charge in [0, 0.05) is 24.6 Å². The number of unbranched alkanes of at least 4 members (excludes halogenated alkanes) is 1. The SMILES string of the molecule is COc1ccc(C(=O)NCCCCC(=O)O)cc1S(=O)(=O)NC(C)C. The van der Waals surface area contributed by atoms with Crippen molar-refractivity contribution in [3.63, 3.8) is 0 Å². The number of rotatable bonds is 10. The van der Waals surface area contributed by atoms with E-state index in [4.69, 9.17) is 9.84 Å². The summed E-state index contributed by atoms with van der Waals surface area (Å²) in [6.07, 6.45) is 1.02. The van der Waals surface area contributed by atoms with Crippen LogP contribution in [0.1, 0.15) is 43.5 Å². The van der Waals surface area contributed by atoms with Gasteiger partial charge in [-0.25, -0.2) is 13.1 Å². The maximum atomic E-state index is 12.4. The zero-order valence-corrected chi connectivity index (χ0v) is 15.4. The quantitative estimate of drug-likeness (QED) is 0.533. The molecule has 0 atom stereocenters. The molecule has 0 radical (unpaired) electrons. The number of hydrogen-bond donors (Lipinski definition) is 3. The van der Waals surface area contributed by atoms with Crippen molar-refractivity contribution < 1.29 is 27.9 Å². The van der Waals surface area contributed by atoms with Crippen LogP contribution in [0.2, 0.25) is 0 Å². The number of aliphatic carboxylic acids is 1. The van der Waals surface area contributed by atoms with Crippen molar-refractivity contribution >= 4 is 21.9 Å². The molecule has 0 aliphatic rings. The van der Waals surface area contributed by atoms with Gasteiger partial charge in [0.25, 0.3) is 5.91 Å². The predicted octanol–water partition coefficient (Wildman–Crippen LogP) is 1.37. The lowest BCUT2D eigenvalue weighted by atomic mass is 10.2. The van der Waals surface area contributed by atoms with Crippen LogP contribution in [0.15, 0.2) is 23.1 Å². The highest BCUT2D eigenvalue weighted by molar-refractivity contribution is 7.89. The number of carbonyl (C=O) groups is 2. The number of sulfonamides is 1. The third kappa shape index (κ3) is 6.71. The van der Waals surface area contributed by atoms with Gasteiger partial charge in [-0.15, -0.1) is 0 Å².